The lowest BCUT2D eigenvalue weighted by Gasteiger charge is -2.32. The number of piperidine rings is 1. The largest absolute Gasteiger partial charge is 0.353 e. The molecule has 0 radical (unpaired) electrons. The number of nitrogens with one attached hydrogen (secondary N) is 2. The van der Waals surface area contributed by atoms with Crippen molar-refractivity contribution < 1.29 is 9.59 Å². The summed E-state index contributed by atoms with van der Waals surface area (Å²) in [7, 11) is 0. The predicted octanol–water partition coefficient (Wildman–Crippen LogP) is 2.41. The number of hydrogen-bond donors (Lipinski definition) is 2. The van der Waals surface area contributed by atoms with E-state index in [0.29, 0.717) is 12.2 Å². The van der Waals surface area contributed by atoms with Crippen LogP contribution in [0.3, 0.4) is 0 Å². The second-order valence-corrected chi connectivity index (χ2v) is 8.12. The molecule has 0 saturated carbocycles. The van der Waals surface area contributed by atoms with Gasteiger partial charge in [0.25, 0.3) is 5.91 Å². The number of aryl methyl sites for hydroxylation is 1. The van der Waals surface area contributed by atoms with E-state index in [2.05, 4.69) is 27.6 Å². The van der Waals surface area contributed by atoms with Crippen LogP contribution in [0.1, 0.15) is 50.5 Å². The zero-order chi connectivity index (χ0) is 20.8. The van der Waals surface area contributed by atoms with Crippen molar-refractivity contribution in [2.75, 3.05) is 26.2 Å². The number of likely N-dealkylation sites (tertiary alicyclic amines) is 1. The Hall–Kier alpha value is -2.41. The van der Waals surface area contributed by atoms with Gasteiger partial charge in [0, 0.05) is 50.1 Å². The van der Waals surface area contributed by atoms with E-state index in [9.17, 15) is 9.59 Å². The van der Waals surface area contributed by atoms with Crippen LogP contribution in [0, 0.1) is 5.92 Å². The summed E-state index contributed by atoms with van der Waals surface area (Å²) in [6.07, 6.45) is 2.89. The monoisotopic (exact) mass is 399 g/mol. The van der Waals surface area contributed by atoms with Crippen molar-refractivity contribution in [1.82, 2.24) is 25.3 Å². The first kappa shape index (κ1) is 21.3. The topological polar surface area (TPSA) is 79.3 Å². The number of amides is 2. The highest BCUT2D eigenvalue weighted by Crippen LogP contribution is 2.18. The SMILES string of the molecule is CCCn1nc(C(=O)NCCN2CCC(NC(=O)C(C)C)CC2)c2ccccc21. The van der Waals surface area contributed by atoms with Gasteiger partial charge in [-0.25, -0.2) is 0 Å². The van der Waals surface area contributed by atoms with Crippen LogP contribution in [0.15, 0.2) is 24.3 Å². The molecule has 2 amide bonds. The zero-order valence-electron chi connectivity index (χ0n) is 17.8. The Morgan fingerprint density at radius 3 is 2.59 bits per heavy atom. The number of benzene rings is 1. The van der Waals surface area contributed by atoms with Crippen molar-refractivity contribution >= 4 is 22.7 Å². The molecule has 2 aromatic rings. The molecule has 7 heteroatoms. The molecule has 2 heterocycles. The Morgan fingerprint density at radius 2 is 1.90 bits per heavy atom. The van der Waals surface area contributed by atoms with Gasteiger partial charge >= 0.3 is 0 Å². The fourth-order valence-corrected chi connectivity index (χ4v) is 3.76. The Kier molecular flexibility index (Phi) is 7.25. The molecule has 0 atom stereocenters. The fourth-order valence-electron chi connectivity index (χ4n) is 3.76. The van der Waals surface area contributed by atoms with Gasteiger partial charge in [0.05, 0.1) is 5.52 Å². The van der Waals surface area contributed by atoms with E-state index in [0.717, 1.165) is 56.3 Å². The Bertz CT molecular complexity index is 837. The number of aromatic nitrogens is 2. The van der Waals surface area contributed by atoms with E-state index in [1.807, 2.05) is 42.8 Å². The zero-order valence-corrected chi connectivity index (χ0v) is 17.8. The normalized spacial score (nSPS) is 15.7. The van der Waals surface area contributed by atoms with Gasteiger partial charge in [-0.15, -0.1) is 0 Å². The molecular weight excluding hydrogens is 366 g/mol. The summed E-state index contributed by atoms with van der Waals surface area (Å²) < 4.78 is 1.92. The first-order chi connectivity index (χ1) is 14.0. The molecule has 0 bridgehead atoms. The average molecular weight is 400 g/mol. The number of nitrogens with zero attached hydrogens (tertiary/aromatic N) is 3. The molecule has 1 saturated heterocycles. The molecule has 3 rings (SSSR count). The van der Waals surface area contributed by atoms with Crippen LogP contribution in [0.5, 0.6) is 0 Å². The van der Waals surface area contributed by atoms with Crippen molar-refractivity contribution in [2.24, 2.45) is 5.92 Å². The van der Waals surface area contributed by atoms with Crippen molar-refractivity contribution in [3.8, 4) is 0 Å². The summed E-state index contributed by atoms with van der Waals surface area (Å²) in [6, 6.07) is 8.16. The molecule has 0 spiro atoms. The maximum Gasteiger partial charge on any atom is 0.272 e. The number of fused-ring (bicyclic) bond motifs is 1. The van der Waals surface area contributed by atoms with Crippen LogP contribution >= 0.6 is 0 Å². The highest BCUT2D eigenvalue weighted by atomic mass is 16.2. The molecule has 0 unspecified atom stereocenters. The van der Waals surface area contributed by atoms with E-state index in [-0.39, 0.29) is 23.8 Å². The minimum Gasteiger partial charge on any atom is -0.353 e. The molecule has 1 aliphatic rings. The lowest BCUT2D eigenvalue weighted by atomic mass is 10.0. The molecule has 0 aliphatic carbocycles. The Morgan fingerprint density at radius 1 is 1.17 bits per heavy atom. The lowest BCUT2D eigenvalue weighted by molar-refractivity contribution is -0.125. The maximum atomic E-state index is 12.7. The number of para-hydroxylation sites is 1. The summed E-state index contributed by atoms with van der Waals surface area (Å²) in [5.41, 5.74) is 1.51. The number of carbonyl (C=O) groups excluding carboxylic acids is 2. The van der Waals surface area contributed by atoms with Crippen LogP contribution in [0.25, 0.3) is 10.9 Å². The molecule has 1 aromatic carbocycles. The van der Waals surface area contributed by atoms with E-state index in [1.165, 1.54) is 0 Å². The quantitative estimate of drug-likeness (QED) is 0.714. The van der Waals surface area contributed by atoms with E-state index < -0.39 is 0 Å². The fraction of sp³-hybridized carbons (Fsp3) is 0.591. The van der Waals surface area contributed by atoms with E-state index in [4.69, 9.17) is 0 Å². The maximum absolute atomic E-state index is 12.7. The third-order valence-electron chi connectivity index (χ3n) is 5.48. The minimum absolute atomic E-state index is 0.0279. The predicted molar refractivity (Wildman–Crippen MR) is 115 cm³/mol. The van der Waals surface area contributed by atoms with Crippen LogP contribution in [-0.4, -0.2) is 58.7 Å². The van der Waals surface area contributed by atoms with Crippen LogP contribution in [0.2, 0.25) is 0 Å². The Labute approximate surface area is 172 Å². The van der Waals surface area contributed by atoms with Crippen LogP contribution in [-0.2, 0) is 11.3 Å². The van der Waals surface area contributed by atoms with Crippen LogP contribution < -0.4 is 10.6 Å². The van der Waals surface area contributed by atoms with Gasteiger partial charge < -0.3 is 15.5 Å². The van der Waals surface area contributed by atoms with Crippen molar-refractivity contribution in [1.29, 1.82) is 0 Å². The second kappa shape index (κ2) is 9.87. The number of rotatable bonds is 8. The van der Waals surface area contributed by atoms with Crippen molar-refractivity contribution in [2.45, 2.75) is 52.6 Å². The van der Waals surface area contributed by atoms with Gasteiger partial charge in [-0.2, -0.15) is 5.10 Å². The molecule has 7 nitrogen and oxygen atoms in total. The number of hydrogen-bond acceptors (Lipinski definition) is 4. The van der Waals surface area contributed by atoms with Gasteiger partial charge in [-0.1, -0.05) is 39.0 Å². The van der Waals surface area contributed by atoms with Gasteiger partial charge in [-0.3, -0.25) is 14.3 Å². The first-order valence-electron chi connectivity index (χ1n) is 10.8. The minimum atomic E-state index is -0.116. The Balaban J connectivity index is 1.48. The van der Waals surface area contributed by atoms with Gasteiger partial charge in [0.1, 0.15) is 0 Å². The highest BCUT2D eigenvalue weighted by Gasteiger charge is 2.22. The molecule has 1 aromatic heterocycles. The standard InChI is InChI=1S/C22H33N5O2/c1-4-12-27-19-8-6-5-7-18(19)20(25-27)22(29)23-11-15-26-13-9-17(10-14-26)24-21(28)16(2)3/h5-8,16-17H,4,9-15H2,1-3H3,(H,23,29)(H,24,28). The van der Waals surface area contributed by atoms with E-state index >= 15 is 0 Å². The smallest absolute Gasteiger partial charge is 0.272 e. The van der Waals surface area contributed by atoms with Gasteiger partial charge in [0.15, 0.2) is 5.69 Å². The van der Waals surface area contributed by atoms with Crippen molar-refractivity contribution in [3.63, 3.8) is 0 Å². The number of carbonyl (C=O) groups is 2. The van der Waals surface area contributed by atoms with Gasteiger partial charge in [0.2, 0.25) is 5.91 Å². The molecular formula is C22H33N5O2. The molecule has 29 heavy (non-hydrogen) atoms. The lowest BCUT2D eigenvalue weighted by Crippen LogP contribution is -2.47. The summed E-state index contributed by atoms with van der Waals surface area (Å²) in [5.74, 6) is 0.0423. The third-order valence-corrected chi connectivity index (χ3v) is 5.48. The van der Waals surface area contributed by atoms with Crippen LogP contribution in [0.4, 0.5) is 0 Å². The summed E-state index contributed by atoms with van der Waals surface area (Å²) in [6.45, 7) is 10.0. The molecule has 1 aliphatic heterocycles. The molecule has 158 valence electrons. The molecule has 1 fully saturated rings. The summed E-state index contributed by atoms with van der Waals surface area (Å²) in [4.78, 5) is 26.9. The summed E-state index contributed by atoms with van der Waals surface area (Å²) >= 11 is 0. The second-order valence-electron chi connectivity index (χ2n) is 8.12. The highest BCUT2D eigenvalue weighted by molar-refractivity contribution is 6.04. The van der Waals surface area contributed by atoms with Crippen molar-refractivity contribution in [3.05, 3.63) is 30.0 Å². The van der Waals surface area contributed by atoms with E-state index in [1.54, 1.807) is 0 Å². The van der Waals surface area contributed by atoms with Gasteiger partial charge in [-0.05, 0) is 25.3 Å². The molecule has 2 N–H and O–H groups in total. The first-order valence-corrected chi connectivity index (χ1v) is 10.8. The summed E-state index contributed by atoms with van der Waals surface area (Å²) in [5, 5.41) is 11.6. The third kappa shape index (κ3) is 5.35. The average Bonchev–Trinajstić information content (AvgIpc) is 3.08.